The molecule has 0 saturated carbocycles. The quantitative estimate of drug-likeness (QED) is 0.474. The third kappa shape index (κ3) is 6.97. The van der Waals surface area contributed by atoms with Gasteiger partial charge in [-0.3, -0.25) is 9.59 Å². The highest BCUT2D eigenvalue weighted by Gasteiger charge is 2.13. The first-order valence-electron chi connectivity index (χ1n) is 8.76. The van der Waals surface area contributed by atoms with Crippen LogP contribution in [0.5, 0.6) is 5.75 Å². The lowest BCUT2D eigenvalue weighted by Crippen LogP contribution is -2.33. The normalized spacial score (nSPS) is 10.7. The van der Waals surface area contributed by atoms with E-state index in [0.717, 1.165) is 24.3 Å². The zero-order valence-corrected chi connectivity index (χ0v) is 15.7. The second-order valence-electron chi connectivity index (χ2n) is 5.92. The molecule has 7 nitrogen and oxygen atoms in total. The number of carbonyl (C=O) groups is 2. The summed E-state index contributed by atoms with van der Waals surface area (Å²) in [7, 11) is 2.94. The number of aryl methyl sites for hydroxylation is 1. The van der Waals surface area contributed by atoms with Gasteiger partial charge in [-0.2, -0.15) is 0 Å². The highest BCUT2D eigenvalue weighted by Crippen LogP contribution is 2.14. The molecule has 0 unspecified atom stereocenters. The van der Waals surface area contributed by atoms with Crippen molar-refractivity contribution < 1.29 is 19.1 Å². The molecule has 7 heteroatoms. The van der Waals surface area contributed by atoms with Crippen molar-refractivity contribution in [2.24, 2.45) is 0 Å². The molecule has 0 radical (unpaired) electrons. The van der Waals surface area contributed by atoms with Crippen LogP contribution in [0.3, 0.4) is 0 Å². The first kappa shape index (κ1) is 20.2. The van der Waals surface area contributed by atoms with E-state index in [1.165, 1.54) is 13.2 Å². The lowest BCUT2D eigenvalue weighted by Gasteiger charge is -2.21. The summed E-state index contributed by atoms with van der Waals surface area (Å²) < 4.78 is 11.8. The van der Waals surface area contributed by atoms with Gasteiger partial charge in [-0.1, -0.05) is 12.1 Å². The van der Waals surface area contributed by atoms with Gasteiger partial charge in [-0.05, 0) is 30.2 Å². The van der Waals surface area contributed by atoms with Crippen LogP contribution < -0.4 is 4.74 Å². The molecular weight excluding hydrogens is 346 g/mol. The predicted octanol–water partition coefficient (Wildman–Crippen LogP) is 2.39. The maximum atomic E-state index is 12.6. The summed E-state index contributed by atoms with van der Waals surface area (Å²) in [6.45, 7) is 1.61. The molecule has 144 valence electrons. The SMILES string of the molecule is COC(=O)CCN(CCCn1ccnc1)C(=O)/C=C/c1cccc(OC)c1. The van der Waals surface area contributed by atoms with Crippen molar-refractivity contribution in [1.29, 1.82) is 0 Å². The highest BCUT2D eigenvalue weighted by molar-refractivity contribution is 5.92. The van der Waals surface area contributed by atoms with Crippen LogP contribution >= 0.6 is 0 Å². The van der Waals surface area contributed by atoms with Crippen LogP contribution in [0, 0.1) is 0 Å². The van der Waals surface area contributed by atoms with Gasteiger partial charge in [-0.15, -0.1) is 0 Å². The van der Waals surface area contributed by atoms with Gasteiger partial charge in [0.05, 0.1) is 27.0 Å². The third-order valence-electron chi connectivity index (χ3n) is 4.04. The van der Waals surface area contributed by atoms with Crippen molar-refractivity contribution in [3.63, 3.8) is 0 Å². The van der Waals surface area contributed by atoms with E-state index in [1.54, 1.807) is 30.6 Å². The van der Waals surface area contributed by atoms with Gasteiger partial charge in [0.2, 0.25) is 5.91 Å². The Morgan fingerprint density at radius 1 is 1.26 bits per heavy atom. The van der Waals surface area contributed by atoms with E-state index in [1.807, 2.05) is 35.0 Å². The molecule has 0 aliphatic carbocycles. The van der Waals surface area contributed by atoms with Gasteiger partial charge in [0, 0.05) is 38.1 Å². The molecule has 0 bridgehead atoms. The van der Waals surface area contributed by atoms with Crippen LogP contribution in [0.2, 0.25) is 0 Å². The largest absolute Gasteiger partial charge is 0.497 e. The molecule has 2 rings (SSSR count). The van der Waals surface area contributed by atoms with Gasteiger partial charge in [-0.25, -0.2) is 4.98 Å². The standard InChI is InChI=1S/C20H25N3O4/c1-26-18-6-3-5-17(15-18)7-8-19(24)23(13-9-20(25)27-2)12-4-11-22-14-10-21-16-22/h3,5-8,10,14-16H,4,9,11-13H2,1-2H3/b8-7+. The maximum Gasteiger partial charge on any atom is 0.307 e. The van der Waals surface area contributed by atoms with E-state index in [9.17, 15) is 9.59 Å². The Balaban J connectivity index is 1.97. The van der Waals surface area contributed by atoms with Crippen molar-refractivity contribution in [2.75, 3.05) is 27.3 Å². The number of esters is 1. The van der Waals surface area contributed by atoms with Crippen molar-refractivity contribution in [3.05, 3.63) is 54.6 Å². The fourth-order valence-electron chi connectivity index (χ4n) is 2.54. The van der Waals surface area contributed by atoms with Crippen molar-refractivity contribution in [1.82, 2.24) is 14.5 Å². The Labute approximate surface area is 159 Å². The molecule has 1 heterocycles. The van der Waals surface area contributed by atoms with E-state index < -0.39 is 0 Å². The number of hydrogen-bond donors (Lipinski definition) is 0. The molecule has 0 N–H and O–H groups in total. The smallest absolute Gasteiger partial charge is 0.307 e. The third-order valence-corrected chi connectivity index (χ3v) is 4.04. The average Bonchev–Trinajstić information content (AvgIpc) is 3.22. The van der Waals surface area contributed by atoms with E-state index in [4.69, 9.17) is 4.74 Å². The zero-order valence-electron chi connectivity index (χ0n) is 15.7. The van der Waals surface area contributed by atoms with Crippen LogP contribution in [-0.2, 0) is 20.9 Å². The topological polar surface area (TPSA) is 73.7 Å². The van der Waals surface area contributed by atoms with Crippen molar-refractivity contribution in [3.8, 4) is 5.75 Å². The average molecular weight is 371 g/mol. The second kappa shape index (κ2) is 10.8. The van der Waals surface area contributed by atoms with Crippen LogP contribution in [0.15, 0.2) is 49.1 Å². The number of ether oxygens (including phenoxy) is 2. The molecular formula is C20H25N3O4. The number of benzene rings is 1. The number of rotatable bonds is 10. The molecule has 1 aromatic carbocycles. The minimum absolute atomic E-state index is 0.146. The molecule has 0 atom stereocenters. The monoisotopic (exact) mass is 371 g/mol. The highest BCUT2D eigenvalue weighted by atomic mass is 16.5. The van der Waals surface area contributed by atoms with E-state index in [0.29, 0.717) is 13.1 Å². The summed E-state index contributed by atoms with van der Waals surface area (Å²) in [4.78, 5) is 29.7. The Bertz CT molecular complexity index is 756. The fourth-order valence-corrected chi connectivity index (χ4v) is 2.54. The fraction of sp³-hybridized carbons (Fsp3) is 0.350. The molecule has 0 saturated heterocycles. The summed E-state index contributed by atoms with van der Waals surface area (Å²) >= 11 is 0. The summed E-state index contributed by atoms with van der Waals surface area (Å²) in [6, 6.07) is 7.45. The molecule has 0 fully saturated rings. The summed E-state index contributed by atoms with van der Waals surface area (Å²) in [5, 5.41) is 0. The molecule has 27 heavy (non-hydrogen) atoms. The van der Waals surface area contributed by atoms with Crippen molar-refractivity contribution in [2.45, 2.75) is 19.4 Å². The number of hydrogen-bond acceptors (Lipinski definition) is 5. The lowest BCUT2D eigenvalue weighted by molar-refractivity contribution is -0.141. The summed E-state index contributed by atoms with van der Waals surface area (Å²) in [5.41, 5.74) is 0.869. The number of nitrogens with zero attached hydrogens (tertiary/aromatic N) is 3. The summed E-state index contributed by atoms with van der Waals surface area (Å²) in [5.74, 6) is 0.249. The first-order valence-corrected chi connectivity index (χ1v) is 8.76. The van der Waals surface area contributed by atoms with Gasteiger partial charge in [0.25, 0.3) is 0 Å². The van der Waals surface area contributed by atoms with Crippen LogP contribution in [0.25, 0.3) is 6.08 Å². The molecule has 1 amide bonds. The van der Waals surface area contributed by atoms with Gasteiger partial charge in [0.1, 0.15) is 5.75 Å². The van der Waals surface area contributed by atoms with E-state index in [-0.39, 0.29) is 18.3 Å². The molecule has 2 aromatic rings. The number of imidazole rings is 1. The molecule has 0 aliphatic heterocycles. The lowest BCUT2D eigenvalue weighted by atomic mass is 10.2. The zero-order chi connectivity index (χ0) is 19.5. The van der Waals surface area contributed by atoms with E-state index >= 15 is 0 Å². The van der Waals surface area contributed by atoms with Crippen LogP contribution in [-0.4, -0.2) is 53.6 Å². The predicted molar refractivity (Wildman–Crippen MR) is 102 cm³/mol. The Morgan fingerprint density at radius 2 is 2.11 bits per heavy atom. The number of methoxy groups -OCH3 is 2. The van der Waals surface area contributed by atoms with E-state index in [2.05, 4.69) is 9.72 Å². The van der Waals surface area contributed by atoms with Gasteiger partial charge >= 0.3 is 5.97 Å². The van der Waals surface area contributed by atoms with Gasteiger partial charge in [0.15, 0.2) is 0 Å². The number of carbonyl (C=O) groups excluding carboxylic acids is 2. The molecule has 0 aliphatic rings. The van der Waals surface area contributed by atoms with Crippen molar-refractivity contribution >= 4 is 18.0 Å². The Hall–Kier alpha value is -3.09. The minimum atomic E-state index is -0.334. The minimum Gasteiger partial charge on any atom is -0.497 e. The molecule has 1 aromatic heterocycles. The number of amides is 1. The molecule has 0 spiro atoms. The Morgan fingerprint density at radius 3 is 2.81 bits per heavy atom. The second-order valence-corrected chi connectivity index (χ2v) is 5.92. The summed E-state index contributed by atoms with van der Waals surface area (Å²) in [6.07, 6.45) is 9.52. The van der Waals surface area contributed by atoms with Crippen LogP contribution in [0.1, 0.15) is 18.4 Å². The van der Waals surface area contributed by atoms with Gasteiger partial charge < -0.3 is 18.9 Å². The van der Waals surface area contributed by atoms with Crippen LogP contribution in [0.4, 0.5) is 0 Å². The first-order chi connectivity index (χ1) is 13.1. The number of aromatic nitrogens is 2. The maximum absolute atomic E-state index is 12.6. The Kier molecular flexibility index (Phi) is 8.09.